The maximum Gasteiger partial charge on any atom is 0.488 e. The van der Waals surface area contributed by atoms with E-state index >= 15 is 0 Å². The fraction of sp³-hybridized carbons (Fsp3) is 0.118. The van der Waals surface area contributed by atoms with Crippen LogP contribution in [0.3, 0.4) is 0 Å². The highest BCUT2D eigenvalue weighted by atomic mass is 16.4. The zero-order valence-electron chi connectivity index (χ0n) is 12.6. The van der Waals surface area contributed by atoms with Crippen LogP contribution in [-0.4, -0.2) is 37.0 Å². The second kappa shape index (κ2) is 7.07. The average Bonchev–Trinajstić information content (AvgIpc) is 2.53. The molecule has 0 saturated carbocycles. The van der Waals surface area contributed by atoms with Gasteiger partial charge in [0.25, 0.3) is 0 Å². The zero-order chi connectivity index (χ0) is 16.1. The summed E-state index contributed by atoms with van der Waals surface area (Å²) < 4.78 is 0. The van der Waals surface area contributed by atoms with Gasteiger partial charge in [0.1, 0.15) is 0 Å². The lowest BCUT2D eigenvalue weighted by atomic mass is 9.80. The highest BCUT2D eigenvalue weighted by Gasteiger charge is 2.10. The number of benzene rings is 2. The molecule has 0 amide bonds. The fourth-order valence-electron chi connectivity index (χ4n) is 1.97. The predicted octanol–water partition coefficient (Wildman–Crippen LogP) is 1.33. The van der Waals surface area contributed by atoms with Crippen LogP contribution in [0.15, 0.2) is 54.6 Å². The molecule has 2 N–H and O–H groups in total. The van der Waals surface area contributed by atoms with Gasteiger partial charge in [0, 0.05) is 25.3 Å². The van der Waals surface area contributed by atoms with Gasteiger partial charge in [-0.1, -0.05) is 42.5 Å². The molecule has 0 atom stereocenters. The van der Waals surface area contributed by atoms with E-state index in [0.717, 1.165) is 11.3 Å². The van der Waals surface area contributed by atoms with Crippen LogP contribution in [-0.2, 0) is 0 Å². The highest BCUT2D eigenvalue weighted by Crippen LogP contribution is 2.13. The first-order valence-electron chi connectivity index (χ1n) is 6.93. The fourth-order valence-corrected chi connectivity index (χ4v) is 1.97. The first-order valence-corrected chi connectivity index (χ1v) is 6.93. The first-order chi connectivity index (χ1) is 10.5. The molecule has 4 nitrogen and oxygen atoms in total. The van der Waals surface area contributed by atoms with Gasteiger partial charge in [-0.3, -0.25) is 4.79 Å². The third kappa shape index (κ3) is 4.07. The van der Waals surface area contributed by atoms with Crippen LogP contribution in [0.1, 0.15) is 15.9 Å². The summed E-state index contributed by atoms with van der Waals surface area (Å²) in [5.41, 5.74) is 2.91. The van der Waals surface area contributed by atoms with Crippen molar-refractivity contribution in [3.05, 3.63) is 65.7 Å². The van der Waals surface area contributed by atoms with Gasteiger partial charge in [-0.25, -0.2) is 0 Å². The maximum absolute atomic E-state index is 12.1. The van der Waals surface area contributed by atoms with Gasteiger partial charge >= 0.3 is 7.12 Å². The predicted molar refractivity (Wildman–Crippen MR) is 90.4 cm³/mol. The van der Waals surface area contributed by atoms with Crippen LogP contribution < -0.4 is 10.4 Å². The SMILES string of the molecule is CN(C)c1ccc(/C=C/C(=O)c2ccc(B(O)O)cc2)cc1. The molecule has 0 aliphatic carbocycles. The Bertz CT molecular complexity index is 661. The molecule has 0 fully saturated rings. The van der Waals surface area contributed by atoms with Crippen LogP contribution >= 0.6 is 0 Å². The minimum absolute atomic E-state index is 0.129. The zero-order valence-corrected chi connectivity index (χ0v) is 12.6. The Balaban J connectivity index is 2.07. The summed E-state index contributed by atoms with van der Waals surface area (Å²) in [6, 6.07) is 14.1. The second-order valence-corrected chi connectivity index (χ2v) is 5.18. The van der Waals surface area contributed by atoms with Crippen molar-refractivity contribution in [1.29, 1.82) is 0 Å². The summed E-state index contributed by atoms with van der Waals surface area (Å²) in [5, 5.41) is 18.0. The number of allylic oxidation sites excluding steroid dienone is 1. The molecule has 0 unspecified atom stereocenters. The van der Waals surface area contributed by atoms with Crippen molar-refractivity contribution >= 4 is 30.1 Å². The summed E-state index contributed by atoms with van der Waals surface area (Å²) in [7, 11) is 2.43. The maximum atomic E-state index is 12.1. The van der Waals surface area contributed by atoms with E-state index in [1.165, 1.54) is 18.2 Å². The van der Waals surface area contributed by atoms with Gasteiger partial charge in [0.2, 0.25) is 0 Å². The van der Waals surface area contributed by atoms with E-state index < -0.39 is 7.12 Å². The van der Waals surface area contributed by atoms with Crippen molar-refractivity contribution in [1.82, 2.24) is 0 Å². The van der Waals surface area contributed by atoms with Gasteiger partial charge in [-0.15, -0.1) is 0 Å². The normalized spacial score (nSPS) is 10.7. The molecule has 0 aromatic heterocycles. The van der Waals surface area contributed by atoms with Gasteiger partial charge in [0.05, 0.1) is 0 Å². The van der Waals surface area contributed by atoms with Gasteiger partial charge in [0.15, 0.2) is 5.78 Å². The lowest BCUT2D eigenvalue weighted by molar-refractivity contribution is 0.104. The summed E-state index contributed by atoms with van der Waals surface area (Å²) in [4.78, 5) is 14.1. The Hall–Kier alpha value is -2.37. The summed E-state index contributed by atoms with van der Waals surface area (Å²) >= 11 is 0. The molecule has 22 heavy (non-hydrogen) atoms. The smallest absolute Gasteiger partial charge is 0.423 e. The summed E-state index contributed by atoms with van der Waals surface area (Å²) in [6.45, 7) is 0. The molecule has 0 heterocycles. The topological polar surface area (TPSA) is 60.8 Å². The van der Waals surface area contributed by atoms with E-state index in [4.69, 9.17) is 10.0 Å². The van der Waals surface area contributed by atoms with Crippen LogP contribution in [0.4, 0.5) is 5.69 Å². The van der Waals surface area contributed by atoms with Crippen LogP contribution in [0.5, 0.6) is 0 Å². The molecule has 0 spiro atoms. The Morgan fingerprint density at radius 2 is 1.59 bits per heavy atom. The minimum Gasteiger partial charge on any atom is -0.423 e. The van der Waals surface area contributed by atoms with Crippen molar-refractivity contribution in [3.8, 4) is 0 Å². The number of rotatable bonds is 5. The van der Waals surface area contributed by atoms with Crippen LogP contribution in [0.25, 0.3) is 6.08 Å². The van der Waals surface area contributed by atoms with Crippen molar-refractivity contribution in [2.24, 2.45) is 0 Å². The van der Waals surface area contributed by atoms with Crippen LogP contribution in [0, 0.1) is 0 Å². The molecule has 2 rings (SSSR count). The Labute approximate surface area is 130 Å². The Morgan fingerprint density at radius 1 is 1.00 bits per heavy atom. The number of nitrogens with zero attached hydrogens (tertiary/aromatic N) is 1. The number of anilines is 1. The molecular formula is C17H18BNO3. The molecule has 0 saturated heterocycles. The number of carbonyl (C=O) groups excluding carboxylic acids is 1. The van der Waals surface area contributed by atoms with Crippen molar-refractivity contribution in [3.63, 3.8) is 0 Å². The Kier molecular flexibility index (Phi) is 5.14. The first kappa shape index (κ1) is 16.0. The molecule has 2 aromatic carbocycles. The van der Waals surface area contributed by atoms with Gasteiger partial charge in [-0.2, -0.15) is 0 Å². The number of hydrogen-bond acceptors (Lipinski definition) is 4. The largest absolute Gasteiger partial charge is 0.488 e. The van der Waals surface area contributed by atoms with Crippen molar-refractivity contribution in [2.45, 2.75) is 0 Å². The van der Waals surface area contributed by atoms with E-state index in [2.05, 4.69) is 0 Å². The standard InChI is InChI=1S/C17H18BNO3/c1-19(2)16-10-3-13(4-11-16)5-12-17(20)14-6-8-15(9-7-14)18(21)22/h3-12,21-22H,1-2H3/b12-5+. The molecule has 0 bridgehead atoms. The number of carbonyl (C=O) groups is 1. The Morgan fingerprint density at radius 3 is 2.09 bits per heavy atom. The summed E-state index contributed by atoms with van der Waals surface area (Å²) in [6.07, 6.45) is 3.27. The van der Waals surface area contributed by atoms with E-state index in [-0.39, 0.29) is 5.78 Å². The minimum atomic E-state index is -1.52. The molecule has 0 radical (unpaired) electrons. The molecule has 5 heteroatoms. The quantitative estimate of drug-likeness (QED) is 0.496. The molecule has 0 aliphatic rings. The highest BCUT2D eigenvalue weighted by molar-refractivity contribution is 6.58. The number of ketones is 1. The third-order valence-electron chi connectivity index (χ3n) is 3.33. The lowest BCUT2D eigenvalue weighted by Crippen LogP contribution is -2.29. The van der Waals surface area contributed by atoms with Crippen LogP contribution in [0.2, 0.25) is 0 Å². The second-order valence-electron chi connectivity index (χ2n) is 5.18. The lowest BCUT2D eigenvalue weighted by Gasteiger charge is -2.11. The van der Waals surface area contributed by atoms with Gasteiger partial charge < -0.3 is 14.9 Å². The van der Waals surface area contributed by atoms with E-state index in [1.54, 1.807) is 18.2 Å². The van der Waals surface area contributed by atoms with E-state index in [1.807, 2.05) is 43.3 Å². The summed E-state index contributed by atoms with van der Waals surface area (Å²) in [5.74, 6) is -0.129. The molecule has 0 aliphatic heterocycles. The van der Waals surface area contributed by atoms with E-state index in [9.17, 15) is 4.79 Å². The van der Waals surface area contributed by atoms with Crippen molar-refractivity contribution in [2.75, 3.05) is 19.0 Å². The number of hydrogen-bond donors (Lipinski definition) is 2. The molecule has 2 aromatic rings. The van der Waals surface area contributed by atoms with E-state index in [0.29, 0.717) is 11.0 Å². The van der Waals surface area contributed by atoms with Crippen molar-refractivity contribution < 1.29 is 14.8 Å². The third-order valence-corrected chi connectivity index (χ3v) is 3.33. The average molecular weight is 295 g/mol. The monoisotopic (exact) mass is 295 g/mol. The molecule has 112 valence electrons. The van der Waals surface area contributed by atoms with Gasteiger partial charge in [-0.05, 0) is 29.2 Å². The molecular weight excluding hydrogens is 277 g/mol.